The molecule has 0 aliphatic heterocycles. The number of carbonyl (C=O) groups is 1. The molecule has 0 unspecified atom stereocenters. The third kappa shape index (κ3) is 3.14. The Morgan fingerprint density at radius 2 is 2.21 bits per heavy atom. The van der Waals surface area contributed by atoms with Gasteiger partial charge in [-0.05, 0) is 22.0 Å². The van der Waals surface area contributed by atoms with Gasteiger partial charge in [0.1, 0.15) is 12.1 Å². The van der Waals surface area contributed by atoms with Gasteiger partial charge in [0.15, 0.2) is 5.78 Å². The highest BCUT2D eigenvalue weighted by Gasteiger charge is 2.14. The van der Waals surface area contributed by atoms with Crippen molar-refractivity contribution in [2.45, 2.75) is 6.42 Å². The number of benzene rings is 1. The summed E-state index contributed by atoms with van der Waals surface area (Å²) < 4.78 is 18.5. The maximum Gasteiger partial charge on any atom is 0.216 e. The van der Waals surface area contributed by atoms with Gasteiger partial charge in [0, 0.05) is 11.6 Å². The molecule has 0 aliphatic rings. The molecule has 0 bridgehead atoms. The zero-order chi connectivity index (χ0) is 13.8. The standard InChI is InChI=1S/C13H10BrFN2O2/c1-19-12-6-8(16-7-17-12)5-11(18)9-3-2-4-10(15)13(9)14/h2-4,6-7H,5H2,1H3. The number of carbonyl (C=O) groups excluding carboxylic acids is 1. The van der Waals surface area contributed by atoms with Crippen molar-refractivity contribution >= 4 is 21.7 Å². The third-order valence-electron chi connectivity index (χ3n) is 2.50. The molecular weight excluding hydrogens is 315 g/mol. The number of hydrogen-bond acceptors (Lipinski definition) is 4. The third-order valence-corrected chi connectivity index (χ3v) is 3.31. The van der Waals surface area contributed by atoms with Gasteiger partial charge < -0.3 is 4.74 Å². The van der Waals surface area contributed by atoms with Gasteiger partial charge >= 0.3 is 0 Å². The minimum Gasteiger partial charge on any atom is -0.481 e. The number of hydrogen-bond donors (Lipinski definition) is 0. The molecule has 0 saturated heterocycles. The molecule has 2 rings (SSSR count). The van der Waals surface area contributed by atoms with Crippen LogP contribution in [0.15, 0.2) is 35.1 Å². The first-order valence-electron chi connectivity index (χ1n) is 5.44. The van der Waals surface area contributed by atoms with Gasteiger partial charge in [0.2, 0.25) is 5.88 Å². The molecule has 98 valence electrons. The summed E-state index contributed by atoms with van der Waals surface area (Å²) >= 11 is 3.07. The van der Waals surface area contributed by atoms with Crippen molar-refractivity contribution in [1.29, 1.82) is 0 Å². The minimum absolute atomic E-state index is 0.0565. The van der Waals surface area contributed by atoms with Crippen LogP contribution in [0.1, 0.15) is 16.1 Å². The lowest BCUT2D eigenvalue weighted by Crippen LogP contribution is -2.07. The van der Waals surface area contributed by atoms with Crippen LogP contribution in [-0.4, -0.2) is 22.9 Å². The number of halogens is 2. The molecule has 6 heteroatoms. The van der Waals surface area contributed by atoms with E-state index in [2.05, 4.69) is 25.9 Å². The number of ether oxygens (including phenoxy) is 1. The Bertz CT molecular complexity index is 619. The van der Waals surface area contributed by atoms with E-state index in [1.165, 1.54) is 25.6 Å². The number of methoxy groups -OCH3 is 1. The summed E-state index contributed by atoms with van der Waals surface area (Å²) in [5, 5.41) is 0. The Kier molecular flexibility index (Phi) is 4.21. The summed E-state index contributed by atoms with van der Waals surface area (Å²) in [7, 11) is 1.48. The molecule has 4 nitrogen and oxygen atoms in total. The van der Waals surface area contributed by atoms with Crippen molar-refractivity contribution in [1.82, 2.24) is 9.97 Å². The maximum atomic E-state index is 13.4. The van der Waals surface area contributed by atoms with E-state index >= 15 is 0 Å². The first-order valence-corrected chi connectivity index (χ1v) is 6.23. The van der Waals surface area contributed by atoms with Crippen molar-refractivity contribution in [2.75, 3.05) is 7.11 Å². The van der Waals surface area contributed by atoms with Crippen LogP contribution in [0.2, 0.25) is 0 Å². The van der Waals surface area contributed by atoms with Crippen LogP contribution in [0.5, 0.6) is 5.88 Å². The van der Waals surface area contributed by atoms with Gasteiger partial charge in [-0.25, -0.2) is 14.4 Å². The van der Waals surface area contributed by atoms with Crippen molar-refractivity contribution in [3.8, 4) is 5.88 Å². The lowest BCUT2D eigenvalue weighted by molar-refractivity contribution is 0.0990. The van der Waals surface area contributed by atoms with Gasteiger partial charge in [-0.1, -0.05) is 12.1 Å². The second-order valence-corrected chi connectivity index (χ2v) is 4.55. The fraction of sp³-hybridized carbons (Fsp3) is 0.154. The topological polar surface area (TPSA) is 52.1 Å². The smallest absolute Gasteiger partial charge is 0.216 e. The Morgan fingerprint density at radius 3 is 2.95 bits per heavy atom. The monoisotopic (exact) mass is 324 g/mol. The zero-order valence-corrected chi connectivity index (χ0v) is 11.6. The minimum atomic E-state index is -0.467. The average molecular weight is 325 g/mol. The van der Waals surface area contributed by atoms with Crippen LogP contribution in [0.3, 0.4) is 0 Å². The van der Waals surface area contributed by atoms with Crippen molar-refractivity contribution in [2.24, 2.45) is 0 Å². The number of ketones is 1. The molecule has 1 aromatic heterocycles. The highest BCUT2D eigenvalue weighted by Crippen LogP contribution is 2.22. The normalized spacial score (nSPS) is 10.3. The van der Waals surface area contributed by atoms with Crippen LogP contribution >= 0.6 is 15.9 Å². The quantitative estimate of drug-likeness (QED) is 0.811. The molecule has 0 atom stereocenters. The molecule has 0 aliphatic carbocycles. The lowest BCUT2D eigenvalue weighted by atomic mass is 10.1. The van der Waals surface area contributed by atoms with Crippen LogP contribution in [0.4, 0.5) is 4.39 Å². The predicted molar refractivity (Wildman–Crippen MR) is 70.7 cm³/mol. The van der Waals surface area contributed by atoms with E-state index in [4.69, 9.17) is 4.74 Å². The average Bonchev–Trinajstić information content (AvgIpc) is 2.42. The number of aromatic nitrogens is 2. The molecule has 2 aromatic rings. The lowest BCUT2D eigenvalue weighted by Gasteiger charge is -2.05. The first kappa shape index (κ1) is 13.6. The Hall–Kier alpha value is -1.82. The van der Waals surface area contributed by atoms with Gasteiger partial charge in [0.25, 0.3) is 0 Å². The number of Topliss-reactive ketones (excluding diaryl/α,β-unsaturated/α-hetero) is 1. The van der Waals surface area contributed by atoms with Crippen LogP contribution in [-0.2, 0) is 6.42 Å². The molecule has 0 saturated carbocycles. The summed E-state index contributed by atoms with van der Waals surface area (Å²) in [6.07, 6.45) is 1.38. The van der Waals surface area contributed by atoms with E-state index in [1.54, 1.807) is 12.1 Å². The van der Waals surface area contributed by atoms with Crippen molar-refractivity contribution in [3.05, 3.63) is 52.1 Å². The molecule has 0 N–H and O–H groups in total. The van der Waals surface area contributed by atoms with Gasteiger partial charge in [0.05, 0.1) is 23.7 Å². The fourth-order valence-electron chi connectivity index (χ4n) is 1.56. The number of nitrogens with zero attached hydrogens (tertiary/aromatic N) is 2. The van der Waals surface area contributed by atoms with E-state index < -0.39 is 5.82 Å². The van der Waals surface area contributed by atoms with Crippen molar-refractivity contribution in [3.63, 3.8) is 0 Å². The summed E-state index contributed by atoms with van der Waals surface area (Å²) in [6, 6.07) is 5.92. The van der Waals surface area contributed by atoms with Crippen molar-refractivity contribution < 1.29 is 13.9 Å². The Balaban J connectivity index is 2.23. The second-order valence-electron chi connectivity index (χ2n) is 3.75. The maximum absolute atomic E-state index is 13.4. The zero-order valence-electron chi connectivity index (χ0n) is 10.1. The largest absolute Gasteiger partial charge is 0.481 e. The fourth-order valence-corrected chi connectivity index (χ4v) is 2.05. The van der Waals surface area contributed by atoms with E-state index in [9.17, 15) is 9.18 Å². The molecule has 0 amide bonds. The first-order chi connectivity index (χ1) is 9.11. The molecule has 0 fully saturated rings. The Labute approximate surface area is 117 Å². The van der Waals surface area contributed by atoms with Gasteiger partial charge in [-0.3, -0.25) is 4.79 Å². The molecule has 1 aromatic carbocycles. The molecule has 0 spiro atoms. The summed E-state index contributed by atoms with van der Waals surface area (Å²) in [4.78, 5) is 19.9. The summed E-state index contributed by atoms with van der Waals surface area (Å²) in [5.74, 6) is -0.311. The van der Waals surface area contributed by atoms with Crippen LogP contribution < -0.4 is 4.74 Å². The van der Waals surface area contributed by atoms with E-state index in [0.29, 0.717) is 11.6 Å². The number of rotatable bonds is 4. The van der Waals surface area contributed by atoms with Gasteiger partial charge in [-0.2, -0.15) is 0 Å². The second kappa shape index (κ2) is 5.88. The highest BCUT2D eigenvalue weighted by atomic mass is 79.9. The SMILES string of the molecule is COc1cc(CC(=O)c2cccc(F)c2Br)ncn1. The highest BCUT2D eigenvalue weighted by molar-refractivity contribution is 9.10. The summed E-state index contributed by atoms with van der Waals surface area (Å²) in [6.45, 7) is 0. The van der Waals surface area contributed by atoms with E-state index in [0.717, 1.165) is 0 Å². The molecule has 19 heavy (non-hydrogen) atoms. The molecule has 1 heterocycles. The molecular formula is C13H10BrFN2O2. The van der Waals surface area contributed by atoms with Crippen LogP contribution in [0, 0.1) is 5.82 Å². The summed E-state index contributed by atoms with van der Waals surface area (Å²) in [5.41, 5.74) is 0.811. The Morgan fingerprint density at radius 1 is 1.42 bits per heavy atom. The van der Waals surface area contributed by atoms with E-state index in [-0.39, 0.29) is 22.2 Å². The van der Waals surface area contributed by atoms with Crippen LogP contribution in [0.25, 0.3) is 0 Å². The van der Waals surface area contributed by atoms with Gasteiger partial charge in [-0.15, -0.1) is 0 Å². The predicted octanol–water partition coefficient (Wildman–Crippen LogP) is 2.81. The van der Waals surface area contributed by atoms with E-state index in [1.807, 2.05) is 0 Å². The molecule has 0 radical (unpaired) electrons.